The predicted octanol–water partition coefficient (Wildman–Crippen LogP) is 1.55. The van der Waals surface area contributed by atoms with E-state index in [-0.39, 0.29) is 24.3 Å². The fraction of sp³-hybridized carbons (Fsp3) is 0.857. The second kappa shape index (κ2) is 6.37. The summed E-state index contributed by atoms with van der Waals surface area (Å²) in [4.78, 5) is 22.8. The van der Waals surface area contributed by atoms with Gasteiger partial charge in [0.15, 0.2) is 0 Å². The summed E-state index contributed by atoms with van der Waals surface area (Å²) >= 11 is 0. The van der Waals surface area contributed by atoms with E-state index >= 15 is 0 Å². The number of amides is 1. The van der Waals surface area contributed by atoms with Crippen LogP contribution in [0.15, 0.2) is 0 Å². The lowest BCUT2D eigenvalue weighted by atomic mass is 9.74. The summed E-state index contributed by atoms with van der Waals surface area (Å²) in [6.45, 7) is 3.60. The van der Waals surface area contributed by atoms with E-state index in [1.807, 2.05) is 0 Å². The van der Waals surface area contributed by atoms with Gasteiger partial charge in [-0.25, -0.2) is 0 Å². The maximum absolute atomic E-state index is 11.8. The topological polar surface area (TPSA) is 86.6 Å². The summed E-state index contributed by atoms with van der Waals surface area (Å²) < 4.78 is 0. The van der Waals surface area contributed by atoms with Crippen LogP contribution in [0.5, 0.6) is 0 Å². The molecule has 5 heteroatoms. The molecule has 0 bridgehead atoms. The molecule has 0 aliphatic heterocycles. The van der Waals surface area contributed by atoms with Crippen LogP contribution in [0.4, 0.5) is 0 Å². The van der Waals surface area contributed by atoms with Crippen LogP contribution in [0, 0.1) is 10.8 Å². The maximum Gasteiger partial charge on any atom is 0.309 e. The van der Waals surface area contributed by atoms with Gasteiger partial charge >= 0.3 is 5.97 Å². The molecule has 3 N–H and O–H groups in total. The Morgan fingerprint density at radius 3 is 2.26 bits per heavy atom. The van der Waals surface area contributed by atoms with E-state index in [2.05, 4.69) is 5.32 Å². The van der Waals surface area contributed by atoms with Crippen LogP contribution in [-0.4, -0.2) is 35.2 Å². The summed E-state index contributed by atoms with van der Waals surface area (Å²) in [5.74, 6) is -1.23. The number of aliphatic hydroxyl groups excluding tert-OH is 1. The van der Waals surface area contributed by atoms with Crippen LogP contribution in [0.1, 0.15) is 52.4 Å². The van der Waals surface area contributed by atoms with Gasteiger partial charge in [-0.15, -0.1) is 0 Å². The van der Waals surface area contributed by atoms with Gasteiger partial charge in [-0.2, -0.15) is 0 Å². The molecule has 1 amide bonds. The van der Waals surface area contributed by atoms with Crippen molar-refractivity contribution >= 4 is 11.9 Å². The Morgan fingerprint density at radius 1 is 1.21 bits per heavy atom. The summed E-state index contributed by atoms with van der Waals surface area (Å²) in [6, 6.07) is 0. The van der Waals surface area contributed by atoms with Gasteiger partial charge < -0.3 is 15.5 Å². The molecule has 0 unspecified atom stereocenters. The number of aliphatic hydroxyl groups is 1. The summed E-state index contributed by atoms with van der Waals surface area (Å²) in [5, 5.41) is 21.3. The van der Waals surface area contributed by atoms with Crippen molar-refractivity contribution in [3.05, 3.63) is 0 Å². The molecule has 0 aromatic heterocycles. The van der Waals surface area contributed by atoms with Crippen LogP contribution in [0.25, 0.3) is 0 Å². The second-order valence-corrected chi connectivity index (χ2v) is 6.36. The molecule has 0 aromatic carbocycles. The van der Waals surface area contributed by atoms with Crippen LogP contribution in [-0.2, 0) is 9.59 Å². The Labute approximate surface area is 114 Å². The molecule has 110 valence electrons. The molecule has 0 heterocycles. The average Bonchev–Trinajstić information content (AvgIpc) is 2.37. The molecule has 0 spiro atoms. The molecule has 0 saturated heterocycles. The molecule has 5 nitrogen and oxygen atoms in total. The number of aliphatic carboxylic acids is 1. The van der Waals surface area contributed by atoms with Crippen LogP contribution >= 0.6 is 0 Å². The van der Waals surface area contributed by atoms with Gasteiger partial charge in [0.2, 0.25) is 5.91 Å². The average molecular weight is 271 g/mol. The van der Waals surface area contributed by atoms with Crippen molar-refractivity contribution < 1.29 is 19.8 Å². The number of hydrogen-bond donors (Lipinski definition) is 3. The third kappa shape index (κ3) is 4.49. The molecule has 1 aliphatic rings. The van der Waals surface area contributed by atoms with Gasteiger partial charge in [-0.05, 0) is 26.7 Å². The van der Waals surface area contributed by atoms with Gasteiger partial charge in [-0.1, -0.05) is 19.3 Å². The molecule has 0 aromatic rings. The van der Waals surface area contributed by atoms with E-state index in [9.17, 15) is 14.7 Å². The van der Waals surface area contributed by atoms with Crippen LogP contribution < -0.4 is 5.32 Å². The maximum atomic E-state index is 11.8. The van der Waals surface area contributed by atoms with Crippen LogP contribution in [0.2, 0.25) is 0 Å². The lowest BCUT2D eigenvalue weighted by molar-refractivity contribution is -0.149. The number of hydrogen-bond acceptors (Lipinski definition) is 3. The minimum absolute atomic E-state index is 0.0379. The van der Waals surface area contributed by atoms with Crippen molar-refractivity contribution in [2.24, 2.45) is 10.8 Å². The van der Waals surface area contributed by atoms with Gasteiger partial charge in [0.1, 0.15) is 0 Å². The largest absolute Gasteiger partial charge is 0.481 e. The normalized spacial score (nSPS) is 18.9. The molecule has 0 radical (unpaired) electrons. The van der Waals surface area contributed by atoms with E-state index in [0.717, 1.165) is 25.7 Å². The Morgan fingerprint density at radius 2 is 1.79 bits per heavy atom. The van der Waals surface area contributed by atoms with Crippen molar-refractivity contribution in [3.8, 4) is 0 Å². The van der Waals surface area contributed by atoms with Crippen LogP contribution in [0.3, 0.4) is 0 Å². The Balaban J connectivity index is 2.47. The SMILES string of the molecule is CC(C)(CC(=O)NCC1(CO)CCCCC1)C(=O)O. The van der Waals surface area contributed by atoms with E-state index in [1.165, 1.54) is 20.3 Å². The highest BCUT2D eigenvalue weighted by Gasteiger charge is 2.34. The van der Waals surface area contributed by atoms with Crippen molar-refractivity contribution in [1.29, 1.82) is 0 Å². The number of rotatable bonds is 6. The highest BCUT2D eigenvalue weighted by atomic mass is 16.4. The van der Waals surface area contributed by atoms with E-state index in [1.54, 1.807) is 0 Å². The Hall–Kier alpha value is -1.10. The smallest absolute Gasteiger partial charge is 0.309 e. The first-order chi connectivity index (χ1) is 8.81. The molecule has 1 fully saturated rings. The van der Waals surface area contributed by atoms with Gasteiger partial charge in [0.25, 0.3) is 0 Å². The molecule has 1 aliphatic carbocycles. The molecular formula is C14H25NO4. The summed E-state index contributed by atoms with van der Waals surface area (Å²) in [5.41, 5.74) is -1.26. The lowest BCUT2D eigenvalue weighted by Gasteiger charge is -2.35. The first-order valence-corrected chi connectivity index (χ1v) is 6.92. The minimum atomic E-state index is -1.05. The number of carboxylic acid groups (broad SMARTS) is 1. The third-order valence-electron chi connectivity index (χ3n) is 4.09. The molecule has 1 saturated carbocycles. The fourth-order valence-corrected chi connectivity index (χ4v) is 2.52. The highest BCUT2D eigenvalue weighted by Crippen LogP contribution is 2.35. The third-order valence-corrected chi connectivity index (χ3v) is 4.09. The van der Waals surface area contributed by atoms with E-state index < -0.39 is 11.4 Å². The van der Waals surface area contributed by atoms with Crippen molar-refractivity contribution in [2.75, 3.05) is 13.2 Å². The Kier molecular flexibility index (Phi) is 5.35. The molecular weight excluding hydrogens is 246 g/mol. The monoisotopic (exact) mass is 271 g/mol. The lowest BCUT2D eigenvalue weighted by Crippen LogP contribution is -2.43. The Bertz CT molecular complexity index is 332. The van der Waals surface area contributed by atoms with Gasteiger partial charge in [0, 0.05) is 18.4 Å². The van der Waals surface area contributed by atoms with E-state index in [4.69, 9.17) is 5.11 Å². The second-order valence-electron chi connectivity index (χ2n) is 6.36. The minimum Gasteiger partial charge on any atom is -0.481 e. The predicted molar refractivity (Wildman–Crippen MR) is 71.6 cm³/mol. The highest BCUT2D eigenvalue weighted by molar-refractivity contribution is 5.84. The molecule has 19 heavy (non-hydrogen) atoms. The van der Waals surface area contributed by atoms with Crippen molar-refractivity contribution in [3.63, 3.8) is 0 Å². The fourth-order valence-electron chi connectivity index (χ4n) is 2.52. The van der Waals surface area contributed by atoms with Crippen molar-refractivity contribution in [2.45, 2.75) is 52.4 Å². The first kappa shape index (κ1) is 16.0. The zero-order valence-electron chi connectivity index (χ0n) is 11.9. The number of carboxylic acids is 1. The van der Waals surface area contributed by atoms with Gasteiger partial charge in [-0.3, -0.25) is 9.59 Å². The quantitative estimate of drug-likeness (QED) is 0.684. The zero-order valence-corrected chi connectivity index (χ0v) is 11.9. The van der Waals surface area contributed by atoms with Gasteiger partial charge in [0.05, 0.1) is 12.0 Å². The molecule has 1 rings (SSSR count). The summed E-state index contributed by atoms with van der Waals surface area (Å²) in [7, 11) is 0. The van der Waals surface area contributed by atoms with Crippen molar-refractivity contribution in [1.82, 2.24) is 5.32 Å². The number of carbonyl (C=O) groups excluding carboxylic acids is 1. The first-order valence-electron chi connectivity index (χ1n) is 6.92. The standard InChI is InChI=1S/C14H25NO4/c1-13(2,12(18)19)8-11(17)15-9-14(10-16)6-4-3-5-7-14/h16H,3-10H2,1-2H3,(H,15,17)(H,18,19). The zero-order chi connectivity index (χ0) is 14.5. The summed E-state index contributed by atoms with van der Waals surface area (Å²) in [6.07, 6.45) is 5.15. The number of carbonyl (C=O) groups is 2. The molecule has 0 atom stereocenters. The van der Waals surface area contributed by atoms with E-state index in [0.29, 0.717) is 6.54 Å². The number of nitrogens with one attached hydrogen (secondary N) is 1.